The highest BCUT2D eigenvalue weighted by atomic mass is 79.9. The van der Waals surface area contributed by atoms with Gasteiger partial charge in [-0.25, -0.2) is 9.18 Å². The summed E-state index contributed by atoms with van der Waals surface area (Å²) >= 11 is 3.43. The number of benzene rings is 2. The molecule has 4 nitrogen and oxygen atoms in total. The first-order chi connectivity index (χ1) is 13.2. The van der Waals surface area contributed by atoms with Gasteiger partial charge < -0.3 is 9.47 Å². The Morgan fingerprint density at radius 2 is 1.71 bits per heavy atom. The Balaban J connectivity index is 2.04. The fraction of sp³-hybridized carbons (Fsp3) is 0.318. The zero-order chi connectivity index (χ0) is 20.7. The van der Waals surface area contributed by atoms with Gasteiger partial charge in [-0.05, 0) is 72.1 Å². The van der Waals surface area contributed by atoms with Crippen LogP contribution in [0.3, 0.4) is 0 Å². The smallest absolute Gasteiger partial charge is 0.414 e. The maximum absolute atomic E-state index is 12.2. The van der Waals surface area contributed by atoms with Gasteiger partial charge in [-0.3, -0.25) is 4.90 Å². The molecule has 0 aliphatic heterocycles. The molecule has 0 radical (unpaired) electrons. The largest absolute Gasteiger partial charge is 0.490 e. The lowest BCUT2D eigenvalue weighted by Crippen LogP contribution is -2.34. The number of hydrogen-bond acceptors (Lipinski definition) is 3. The van der Waals surface area contributed by atoms with Crippen LogP contribution in [0.15, 0.2) is 46.9 Å². The zero-order valence-electron chi connectivity index (χ0n) is 16.5. The van der Waals surface area contributed by atoms with Crippen LogP contribution in [-0.2, 0) is 4.74 Å². The average molecular weight is 450 g/mol. The summed E-state index contributed by atoms with van der Waals surface area (Å²) in [5, 5.41) is 0. The Kier molecular flexibility index (Phi) is 7.63. The van der Waals surface area contributed by atoms with Crippen molar-refractivity contribution in [3.63, 3.8) is 0 Å². The lowest BCUT2D eigenvalue weighted by molar-refractivity contribution is 0.0589. The Morgan fingerprint density at radius 1 is 1.11 bits per heavy atom. The van der Waals surface area contributed by atoms with E-state index in [0.717, 1.165) is 21.3 Å². The van der Waals surface area contributed by atoms with Crippen molar-refractivity contribution >= 4 is 39.9 Å². The molecule has 0 atom stereocenters. The molecule has 0 aromatic heterocycles. The second-order valence-corrected chi connectivity index (χ2v) is 8.05. The second kappa shape index (κ2) is 9.73. The van der Waals surface area contributed by atoms with E-state index in [1.807, 2.05) is 69.3 Å². The van der Waals surface area contributed by atoms with E-state index in [2.05, 4.69) is 15.9 Å². The van der Waals surface area contributed by atoms with E-state index < -0.39 is 18.4 Å². The number of alkyl halides is 1. The molecule has 0 aliphatic carbocycles. The average Bonchev–Trinajstić information content (AvgIpc) is 2.64. The summed E-state index contributed by atoms with van der Waals surface area (Å²) in [5.41, 5.74) is 2.20. The minimum absolute atomic E-state index is 0.0396. The first-order valence-corrected chi connectivity index (χ1v) is 9.72. The molecule has 0 saturated carbocycles. The molecule has 0 unspecified atom stereocenters. The van der Waals surface area contributed by atoms with Crippen molar-refractivity contribution in [2.45, 2.75) is 26.4 Å². The highest BCUT2D eigenvalue weighted by Gasteiger charge is 2.20. The molecule has 0 heterocycles. The normalized spacial score (nSPS) is 11.5. The molecule has 0 aliphatic rings. The van der Waals surface area contributed by atoms with Crippen molar-refractivity contribution < 1.29 is 18.7 Å². The lowest BCUT2D eigenvalue weighted by Gasteiger charge is -2.24. The number of halogens is 2. The molecule has 0 bridgehead atoms. The predicted molar refractivity (Wildman–Crippen MR) is 116 cm³/mol. The number of nitrogens with zero attached hydrogens (tertiary/aromatic N) is 1. The van der Waals surface area contributed by atoms with Gasteiger partial charge >= 0.3 is 6.09 Å². The molecule has 2 rings (SSSR count). The van der Waals surface area contributed by atoms with Crippen molar-refractivity contribution in [3.8, 4) is 5.75 Å². The monoisotopic (exact) mass is 449 g/mol. The van der Waals surface area contributed by atoms with Crippen molar-refractivity contribution in [1.29, 1.82) is 0 Å². The fourth-order valence-corrected chi connectivity index (χ4v) is 2.83. The molecule has 150 valence electrons. The molecule has 6 heteroatoms. The first kappa shape index (κ1) is 22.0. The third-order valence-corrected chi connectivity index (χ3v) is 4.33. The van der Waals surface area contributed by atoms with Gasteiger partial charge in [0.1, 0.15) is 24.6 Å². The molecule has 1 amide bonds. The quantitative estimate of drug-likeness (QED) is 0.482. The van der Waals surface area contributed by atoms with Gasteiger partial charge in [0.25, 0.3) is 0 Å². The van der Waals surface area contributed by atoms with Crippen LogP contribution >= 0.6 is 15.9 Å². The number of rotatable bonds is 6. The SMILES string of the molecule is CN(C(=O)OC(C)(C)C)c1ccc(C=Cc2ccc(OCCF)c(Br)c2)cc1. The Labute approximate surface area is 174 Å². The number of amides is 1. The van der Waals surface area contributed by atoms with Gasteiger partial charge in [0.05, 0.1) is 4.47 Å². The van der Waals surface area contributed by atoms with Crippen LogP contribution in [0.25, 0.3) is 12.2 Å². The maximum atomic E-state index is 12.2. The van der Waals surface area contributed by atoms with Crippen molar-refractivity contribution in [2.75, 3.05) is 25.2 Å². The predicted octanol–water partition coefficient (Wildman–Crippen LogP) is 6.34. The molecule has 2 aromatic carbocycles. The first-order valence-electron chi connectivity index (χ1n) is 8.93. The summed E-state index contributed by atoms with van der Waals surface area (Å²) in [4.78, 5) is 13.6. The molecule has 0 fully saturated rings. The van der Waals surface area contributed by atoms with E-state index in [-0.39, 0.29) is 6.61 Å². The van der Waals surface area contributed by atoms with E-state index in [9.17, 15) is 9.18 Å². The number of carbonyl (C=O) groups excluding carboxylic acids is 1. The highest BCUT2D eigenvalue weighted by molar-refractivity contribution is 9.10. The van der Waals surface area contributed by atoms with Crippen LogP contribution in [0.5, 0.6) is 5.75 Å². The summed E-state index contributed by atoms with van der Waals surface area (Å²) in [5.74, 6) is 0.615. The lowest BCUT2D eigenvalue weighted by atomic mass is 10.1. The van der Waals surface area contributed by atoms with E-state index in [1.54, 1.807) is 13.1 Å². The molecule has 28 heavy (non-hydrogen) atoms. The van der Waals surface area contributed by atoms with E-state index in [0.29, 0.717) is 5.75 Å². The Morgan fingerprint density at radius 3 is 2.29 bits per heavy atom. The van der Waals surface area contributed by atoms with Gasteiger partial charge in [-0.2, -0.15) is 0 Å². The molecular weight excluding hydrogens is 425 g/mol. The third-order valence-electron chi connectivity index (χ3n) is 3.71. The topological polar surface area (TPSA) is 38.8 Å². The van der Waals surface area contributed by atoms with Crippen LogP contribution in [0.2, 0.25) is 0 Å². The number of hydrogen-bond donors (Lipinski definition) is 0. The van der Waals surface area contributed by atoms with Crippen LogP contribution < -0.4 is 9.64 Å². The van der Waals surface area contributed by atoms with Crippen LogP contribution in [0.4, 0.5) is 14.9 Å². The summed E-state index contributed by atoms with van der Waals surface area (Å²) < 4.78 is 23.7. The summed E-state index contributed by atoms with van der Waals surface area (Å²) in [6.07, 6.45) is 3.55. The molecule has 0 saturated heterocycles. The number of carbonyl (C=O) groups is 1. The van der Waals surface area contributed by atoms with Gasteiger partial charge in [0.15, 0.2) is 0 Å². The summed E-state index contributed by atoms with van der Waals surface area (Å²) in [6.45, 7) is 5.03. The van der Waals surface area contributed by atoms with Crippen LogP contribution in [0.1, 0.15) is 31.9 Å². The molecule has 0 N–H and O–H groups in total. The van der Waals surface area contributed by atoms with Crippen molar-refractivity contribution in [1.82, 2.24) is 0 Å². The van der Waals surface area contributed by atoms with Gasteiger partial charge in [-0.1, -0.05) is 30.4 Å². The Bertz CT molecular complexity index is 829. The zero-order valence-corrected chi connectivity index (χ0v) is 18.1. The maximum Gasteiger partial charge on any atom is 0.414 e. The summed E-state index contributed by atoms with van der Waals surface area (Å²) in [7, 11) is 1.68. The number of anilines is 1. The van der Waals surface area contributed by atoms with E-state index in [4.69, 9.17) is 9.47 Å². The fourth-order valence-electron chi connectivity index (χ4n) is 2.32. The van der Waals surface area contributed by atoms with Crippen molar-refractivity contribution in [2.24, 2.45) is 0 Å². The van der Waals surface area contributed by atoms with Gasteiger partial charge in [0, 0.05) is 12.7 Å². The Hall–Kier alpha value is -2.34. The number of ether oxygens (including phenoxy) is 2. The second-order valence-electron chi connectivity index (χ2n) is 7.19. The molecular formula is C22H25BrFNO3. The van der Waals surface area contributed by atoms with E-state index in [1.165, 1.54) is 4.90 Å². The summed E-state index contributed by atoms with van der Waals surface area (Å²) in [6, 6.07) is 13.2. The van der Waals surface area contributed by atoms with E-state index >= 15 is 0 Å². The highest BCUT2D eigenvalue weighted by Crippen LogP contribution is 2.27. The molecule has 0 spiro atoms. The van der Waals surface area contributed by atoms with Crippen LogP contribution in [-0.4, -0.2) is 32.0 Å². The minimum atomic E-state index is -0.533. The van der Waals surface area contributed by atoms with Gasteiger partial charge in [0.2, 0.25) is 0 Å². The standard InChI is InChI=1S/C22H25BrFNO3/c1-22(2,3)28-21(26)25(4)18-10-7-16(8-11-18)5-6-17-9-12-20(19(23)15-17)27-14-13-24/h5-12,15H,13-14H2,1-4H3. The van der Waals surface area contributed by atoms with Crippen molar-refractivity contribution in [3.05, 3.63) is 58.1 Å². The van der Waals surface area contributed by atoms with Gasteiger partial charge in [-0.15, -0.1) is 0 Å². The van der Waals surface area contributed by atoms with Crippen LogP contribution in [0, 0.1) is 0 Å². The third kappa shape index (κ3) is 6.68. The minimum Gasteiger partial charge on any atom is -0.490 e. The molecule has 2 aromatic rings.